The lowest BCUT2D eigenvalue weighted by Gasteiger charge is -2.33. The molecule has 0 aliphatic carbocycles. The average molecular weight is 335 g/mol. The Balaban J connectivity index is 1.87. The van der Waals surface area contributed by atoms with Crippen molar-refractivity contribution in [3.8, 4) is 0 Å². The van der Waals surface area contributed by atoms with E-state index >= 15 is 0 Å². The zero-order chi connectivity index (χ0) is 16.5. The topological polar surface area (TPSA) is 39.7 Å². The van der Waals surface area contributed by atoms with Gasteiger partial charge in [-0.25, -0.2) is 0 Å². The Bertz CT molecular complexity index is 504. The summed E-state index contributed by atoms with van der Waals surface area (Å²) >= 11 is 1.85. The Labute approximate surface area is 145 Å². The van der Waals surface area contributed by atoms with Gasteiger partial charge < -0.3 is 10.6 Å². The third kappa shape index (κ3) is 5.74. The van der Waals surface area contributed by atoms with Gasteiger partial charge >= 0.3 is 0 Å². The van der Waals surface area contributed by atoms with Crippen molar-refractivity contribution < 1.29 is 0 Å². The minimum Gasteiger partial charge on any atom is -0.357 e. The number of thioether (sulfide) groups is 1. The maximum Gasteiger partial charge on any atom is 0.191 e. The van der Waals surface area contributed by atoms with Crippen molar-refractivity contribution in [3.63, 3.8) is 0 Å². The number of nitrogens with zero attached hydrogens (tertiary/aromatic N) is 2. The monoisotopic (exact) mass is 334 g/mol. The van der Waals surface area contributed by atoms with E-state index < -0.39 is 0 Å². The number of nitrogens with one attached hydrogen (secondary N) is 2. The summed E-state index contributed by atoms with van der Waals surface area (Å²) in [6.45, 7) is 9.25. The van der Waals surface area contributed by atoms with E-state index in [1.54, 1.807) is 0 Å². The SMILES string of the molecule is CCNC(=NCC(C)N1CCc2ccccc2C1)NCCSC. The van der Waals surface area contributed by atoms with Crippen molar-refractivity contribution >= 4 is 17.7 Å². The summed E-state index contributed by atoms with van der Waals surface area (Å²) in [6, 6.07) is 9.26. The van der Waals surface area contributed by atoms with Gasteiger partial charge in [-0.2, -0.15) is 11.8 Å². The number of aliphatic imine (C=N–C) groups is 1. The number of rotatable bonds is 7. The molecule has 5 heteroatoms. The molecule has 2 N–H and O–H groups in total. The predicted molar refractivity (Wildman–Crippen MR) is 102 cm³/mol. The maximum atomic E-state index is 4.76. The molecule has 2 rings (SSSR count). The van der Waals surface area contributed by atoms with Crippen molar-refractivity contribution in [2.24, 2.45) is 4.99 Å². The quantitative estimate of drug-likeness (QED) is 0.456. The van der Waals surface area contributed by atoms with Gasteiger partial charge in [0.1, 0.15) is 0 Å². The standard InChI is InChI=1S/C18H30N4S/c1-4-19-18(20-10-12-23-3)21-13-15(2)22-11-9-16-7-5-6-8-17(16)14-22/h5-8,15H,4,9-14H2,1-3H3,(H2,19,20,21). The van der Waals surface area contributed by atoms with Crippen LogP contribution in [0.3, 0.4) is 0 Å². The van der Waals surface area contributed by atoms with Crippen molar-refractivity contribution in [2.45, 2.75) is 32.9 Å². The molecular weight excluding hydrogens is 304 g/mol. The molecule has 128 valence electrons. The summed E-state index contributed by atoms with van der Waals surface area (Å²) in [4.78, 5) is 7.30. The third-order valence-electron chi connectivity index (χ3n) is 4.24. The number of benzene rings is 1. The molecule has 1 unspecified atom stereocenters. The van der Waals surface area contributed by atoms with Crippen molar-refractivity contribution in [3.05, 3.63) is 35.4 Å². The largest absolute Gasteiger partial charge is 0.357 e. The summed E-state index contributed by atoms with van der Waals surface area (Å²) in [5, 5.41) is 6.72. The van der Waals surface area contributed by atoms with E-state index in [1.165, 1.54) is 11.1 Å². The van der Waals surface area contributed by atoms with E-state index in [0.717, 1.165) is 50.9 Å². The molecule has 0 aromatic heterocycles. The van der Waals surface area contributed by atoms with Gasteiger partial charge in [0.2, 0.25) is 0 Å². The van der Waals surface area contributed by atoms with Gasteiger partial charge in [0, 0.05) is 38.0 Å². The van der Waals surface area contributed by atoms with Gasteiger partial charge in [-0.3, -0.25) is 9.89 Å². The Morgan fingerprint density at radius 2 is 2.09 bits per heavy atom. The van der Waals surface area contributed by atoms with Crippen molar-refractivity contribution in [2.75, 3.05) is 38.2 Å². The number of fused-ring (bicyclic) bond motifs is 1. The highest BCUT2D eigenvalue weighted by molar-refractivity contribution is 7.98. The molecule has 0 amide bonds. The molecule has 23 heavy (non-hydrogen) atoms. The Morgan fingerprint density at radius 3 is 2.83 bits per heavy atom. The van der Waals surface area contributed by atoms with E-state index in [1.807, 2.05) is 11.8 Å². The van der Waals surface area contributed by atoms with Crippen LogP contribution in [0, 0.1) is 0 Å². The van der Waals surface area contributed by atoms with Crippen LogP contribution in [0.2, 0.25) is 0 Å². The van der Waals surface area contributed by atoms with Gasteiger partial charge in [0.25, 0.3) is 0 Å². The van der Waals surface area contributed by atoms with Crippen LogP contribution >= 0.6 is 11.8 Å². The van der Waals surface area contributed by atoms with Crippen molar-refractivity contribution in [1.82, 2.24) is 15.5 Å². The second-order valence-electron chi connectivity index (χ2n) is 5.98. The van der Waals surface area contributed by atoms with Crippen LogP contribution in [-0.4, -0.2) is 55.1 Å². The fraction of sp³-hybridized carbons (Fsp3) is 0.611. The van der Waals surface area contributed by atoms with Crippen LogP contribution in [0.1, 0.15) is 25.0 Å². The fourth-order valence-corrected chi connectivity index (χ4v) is 3.15. The molecule has 0 bridgehead atoms. The van der Waals surface area contributed by atoms with E-state index in [-0.39, 0.29) is 0 Å². The van der Waals surface area contributed by atoms with E-state index in [0.29, 0.717) is 6.04 Å². The number of hydrogen-bond acceptors (Lipinski definition) is 3. The lowest BCUT2D eigenvalue weighted by molar-refractivity contribution is 0.195. The molecule has 1 heterocycles. The Kier molecular flexibility index (Phi) is 7.76. The molecule has 0 saturated heterocycles. The van der Waals surface area contributed by atoms with E-state index in [4.69, 9.17) is 4.99 Å². The summed E-state index contributed by atoms with van der Waals surface area (Å²) in [5.74, 6) is 2.04. The van der Waals surface area contributed by atoms with E-state index in [2.05, 4.69) is 59.9 Å². The summed E-state index contributed by atoms with van der Waals surface area (Å²) < 4.78 is 0. The summed E-state index contributed by atoms with van der Waals surface area (Å²) in [6.07, 6.45) is 3.28. The highest BCUT2D eigenvalue weighted by Gasteiger charge is 2.20. The van der Waals surface area contributed by atoms with Gasteiger partial charge in [-0.15, -0.1) is 0 Å². The maximum absolute atomic E-state index is 4.76. The smallest absolute Gasteiger partial charge is 0.191 e. The van der Waals surface area contributed by atoms with Crippen LogP contribution in [0.4, 0.5) is 0 Å². The minimum atomic E-state index is 0.458. The van der Waals surface area contributed by atoms with Crippen LogP contribution in [0.15, 0.2) is 29.3 Å². The van der Waals surface area contributed by atoms with Gasteiger partial charge in [0.05, 0.1) is 6.54 Å². The molecule has 0 saturated carbocycles. The zero-order valence-electron chi connectivity index (χ0n) is 14.6. The molecule has 1 aliphatic rings. The molecule has 1 aromatic rings. The summed E-state index contributed by atoms with van der Waals surface area (Å²) in [5.41, 5.74) is 2.98. The van der Waals surface area contributed by atoms with Gasteiger partial charge in [-0.1, -0.05) is 24.3 Å². The number of hydrogen-bond donors (Lipinski definition) is 2. The van der Waals surface area contributed by atoms with Crippen LogP contribution in [0.5, 0.6) is 0 Å². The third-order valence-corrected chi connectivity index (χ3v) is 4.85. The average Bonchev–Trinajstić information content (AvgIpc) is 2.59. The first-order chi connectivity index (χ1) is 11.2. The molecule has 1 atom stereocenters. The Hall–Kier alpha value is -1.20. The molecule has 0 fully saturated rings. The molecule has 1 aromatic carbocycles. The predicted octanol–water partition coefficient (Wildman–Crippen LogP) is 2.35. The van der Waals surface area contributed by atoms with E-state index in [9.17, 15) is 0 Å². The fourth-order valence-electron chi connectivity index (χ4n) is 2.85. The summed E-state index contributed by atoms with van der Waals surface area (Å²) in [7, 11) is 0. The number of guanidine groups is 1. The second kappa shape index (κ2) is 9.83. The molecule has 0 radical (unpaired) electrons. The molecule has 0 spiro atoms. The minimum absolute atomic E-state index is 0.458. The van der Waals surface area contributed by atoms with Gasteiger partial charge in [-0.05, 0) is 37.7 Å². The molecule has 4 nitrogen and oxygen atoms in total. The molecular formula is C18H30N4S. The highest BCUT2D eigenvalue weighted by Crippen LogP contribution is 2.20. The van der Waals surface area contributed by atoms with Crippen molar-refractivity contribution in [1.29, 1.82) is 0 Å². The first-order valence-corrected chi connectivity index (χ1v) is 9.96. The first-order valence-electron chi connectivity index (χ1n) is 8.56. The highest BCUT2D eigenvalue weighted by atomic mass is 32.2. The van der Waals surface area contributed by atoms with Crippen LogP contribution < -0.4 is 10.6 Å². The lowest BCUT2D eigenvalue weighted by Crippen LogP contribution is -2.42. The zero-order valence-corrected chi connectivity index (χ0v) is 15.5. The second-order valence-corrected chi connectivity index (χ2v) is 6.96. The first kappa shape index (κ1) is 18.1. The van der Waals surface area contributed by atoms with Gasteiger partial charge in [0.15, 0.2) is 5.96 Å². The van der Waals surface area contributed by atoms with Crippen LogP contribution in [0.25, 0.3) is 0 Å². The lowest BCUT2D eigenvalue weighted by atomic mass is 9.99. The Morgan fingerprint density at radius 1 is 1.30 bits per heavy atom. The molecule has 1 aliphatic heterocycles. The van der Waals surface area contributed by atoms with Crippen LogP contribution in [-0.2, 0) is 13.0 Å². The normalized spacial score (nSPS) is 16.7.